The number of fused-ring (bicyclic) bond motifs is 1. The van der Waals surface area contributed by atoms with Gasteiger partial charge in [0.2, 0.25) is 0 Å². The molecule has 0 aliphatic heterocycles. The van der Waals surface area contributed by atoms with Gasteiger partial charge in [-0.15, -0.1) is 0 Å². The van der Waals surface area contributed by atoms with Crippen molar-refractivity contribution in [2.75, 3.05) is 0 Å². The van der Waals surface area contributed by atoms with Gasteiger partial charge >= 0.3 is 59.5 Å². The molecule has 1 atom stereocenters. The molecule has 0 heterocycles. The van der Waals surface area contributed by atoms with Gasteiger partial charge in [-0.2, -0.15) is 92.2 Å². The van der Waals surface area contributed by atoms with Crippen LogP contribution in [0.25, 0.3) is 0 Å². The van der Waals surface area contributed by atoms with Crippen molar-refractivity contribution in [3.05, 3.63) is 35.4 Å². The molecule has 0 aromatic heterocycles. The fourth-order valence-corrected chi connectivity index (χ4v) is 3.73. The zero-order valence-corrected chi connectivity index (χ0v) is 19.1. The number of carbonyl (C=O) groups is 1. The molecule has 0 bridgehead atoms. The molecular formula is C20H9F21O. The van der Waals surface area contributed by atoms with Crippen LogP contribution in [0.5, 0.6) is 0 Å². The molecule has 1 aliphatic rings. The Bertz CT molecular complexity index is 1190. The zero-order valence-electron chi connectivity index (χ0n) is 19.1. The number of carbonyl (C=O) groups excluding carboxylic acids is 1. The van der Waals surface area contributed by atoms with Gasteiger partial charge in [0.25, 0.3) is 0 Å². The summed E-state index contributed by atoms with van der Waals surface area (Å²) in [7, 11) is 0. The number of Topliss-reactive ketones (excluding diaryl/α,β-unsaturated/α-hetero) is 1. The summed E-state index contributed by atoms with van der Waals surface area (Å²) in [5.74, 6) is -83.8. The normalized spacial score (nSPS) is 19.2. The molecule has 0 N–H and O–H groups in total. The molecule has 1 aromatic carbocycles. The highest BCUT2D eigenvalue weighted by Crippen LogP contribution is 2.66. The largest absolute Gasteiger partial charge is 0.460 e. The van der Waals surface area contributed by atoms with Gasteiger partial charge in [0.15, 0.2) is 5.78 Å². The van der Waals surface area contributed by atoms with Crippen LogP contribution in [0.1, 0.15) is 22.3 Å². The maximum atomic E-state index is 14.5. The summed E-state index contributed by atoms with van der Waals surface area (Å²) in [6.45, 7) is 0. The van der Waals surface area contributed by atoms with E-state index in [2.05, 4.69) is 0 Å². The van der Waals surface area contributed by atoms with Gasteiger partial charge in [-0.05, 0) is 18.4 Å². The van der Waals surface area contributed by atoms with Crippen molar-refractivity contribution in [1.29, 1.82) is 0 Å². The summed E-state index contributed by atoms with van der Waals surface area (Å²) in [5.41, 5.74) is -1.12. The molecule has 0 fully saturated rings. The Balaban J connectivity index is 2.67. The first-order valence-corrected chi connectivity index (χ1v) is 10.3. The summed E-state index contributed by atoms with van der Waals surface area (Å²) in [4.78, 5) is 12.2. The van der Waals surface area contributed by atoms with Crippen LogP contribution in [0.4, 0.5) is 92.2 Å². The maximum Gasteiger partial charge on any atom is 0.460 e. The van der Waals surface area contributed by atoms with Crippen molar-refractivity contribution < 1.29 is 97.0 Å². The average molecular weight is 664 g/mol. The first-order chi connectivity index (χ1) is 18.2. The van der Waals surface area contributed by atoms with Gasteiger partial charge in [-0.3, -0.25) is 4.79 Å². The molecule has 0 saturated heterocycles. The first-order valence-electron chi connectivity index (χ1n) is 10.3. The van der Waals surface area contributed by atoms with Gasteiger partial charge in [0.1, 0.15) is 0 Å². The zero-order chi connectivity index (χ0) is 33.6. The third kappa shape index (κ3) is 4.22. The van der Waals surface area contributed by atoms with Gasteiger partial charge in [-0.1, -0.05) is 24.3 Å². The Kier molecular flexibility index (Phi) is 8.02. The molecule has 1 nitrogen and oxygen atoms in total. The maximum absolute atomic E-state index is 14.5. The fourth-order valence-electron chi connectivity index (χ4n) is 3.73. The van der Waals surface area contributed by atoms with E-state index in [0.717, 1.165) is 18.2 Å². The predicted octanol–water partition coefficient (Wildman–Crippen LogP) is 8.71. The standard InChI is InChI=1S/C20H9F21O/c21-11(22,9-6-5-7-3-1-2-4-8(7)10(9)42)12(23,24)13(25,26)14(27,28)15(29,30)16(31,32)17(33,34)18(35,36)19(37,38)20(39,40)41/h1-4,9H,5-6H2. The lowest BCUT2D eigenvalue weighted by Crippen LogP contribution is -2.77. The van der Waals surface area contributed by atoms with E-state index in [1.165, 1.54) is 0 Å². The molecule has 22 heteroatoms. The average Bonchev–Trinajstić information content (AvgIpc) is 2.82. The summed E-state index contributed by atoms with van der Waals surface area (Å²) in [5, 5.41) is 0. The number of ketones is 1. The number of aryl methyl sites for hydroxylation is 1. The highest BCUT2D eigenvalue weighted by molar-refractivity contribution is 6.00. The number of rotatable bonds is 9. The lowest BCUT2D eigenvalue weighted by molar-refractivity contribution is -0.474. The Morgan fingerprint density at radius 2 is 0.810 bits per heavy atom. The summed E-state index contributed by atoms with van der Waals surface area (Å²) < 4.78 is 284. The third-order valence-corrected chi connectivity index (χ3v) is 6.27. The van der Waals surface area contributed by atoms with E-state index in [1.54, 1.807) is 0 Å². The minimum atomic E-state index is -9.23. The van der Waals surface area contributed by atoms with Crippen LogP contribution in [0.2, 0.25) is 0 Å². The van der Waals surface area contributed by atoms with Gasteiger partial charge in [0, 0.05) is 5.56 Å². The minimum absolute atomic E-state index is 0.208. The Hall–Kier alpha value is -2.58. The number of alkyl halides is 21. The van der Waals surface area contributed by atoms with Crippen LogP contribution in [-0.2, 0) is 6.42 Å². The van der Waals surface area contributed by atoms with E-state index in [4.69, 9.17) is 0 Å². The van der Waals surface area contributed by atoms with Crippen LogP contribution in [0, 0.1) is 5.92 Å². The smallest absolute Gasteiger partial charge is 0.294 e. The van der Waals surface area contributed by atoms with E-state index < -0.39 is 89.6 Å². The SMILES string of the molecule is O=C1c2ccccc2CCC1C(F)(F)C(F)(F)C(F)(F)C(F)(F)C(F)(F)C(F)(F)C(F)(F)C(F)(F)C(F)(F)C(F)(F)F. The second-order valence-electron chi connectivity index (χ2n) is 8.83. The number of halogens is 21. The number of hydrogen-bond acceptors (Lipinski definition) is 1. The van der Waals surface area contributed by atoms with Crippen molar-refractivity contribution in [3.63, 3.8) is 0 Å². The highest BCUT2D eigenvalue weighted by Gasteiger charge is 2.98. The van der Waals surface area contributed by atoms with Crippen LogP contribution in [0.15, 0.2) is 24.3 Å². The monoisotopic (exact) mass is 664 g/mol. The van der Waals surface area contributed by atoms with E-state index in [1.807, 2.05) is 0 Å². The van der Waals surface area contributed by atoms with Gasteiger partial charge < -0.3 is 0 Å². The highest BCUT2D eigenvalue weighted by atomic mass is 19.4. The van der Waals surface area contributed by atoms with Crippen molar-refractivity contribution in [1.82, 2.24) is 0 Å². The molecule has 0 spiro atoms. The van der Waals surface area contributed by atoms with E-state index in [-0.39, 0.29) is 5.56 Å². The Morgan fingerprint density at radius 1 is 0.476 bits per heavy atom. The van der Waals surface area contributed by atoms with Crippen LogP contribution in [-0.4, -0.2) is 65.3 Å². The first kappa shape index (κ1) is 35.6. The minimum Gasteiger partial charge on any atom is -0.294 e. The van der Waals surface area contributed by atoms with Crippen molar-refractivity contribution in [2.45, 2.75) is 72.3 Å². The summed E-state index contributed by atoms with van der Waals surface area (Å²) >= 11 is 0. The van der Waals surface area contributed by atoms with E-state index >= 15 is 0 Å². The fraction of sp³-hybridized carbons (Fsp3) is 0.650. The van der Waals surface area contributed by atoms with E-state index in [9.17, 15) is 97.0 Å². The molecule has 0 radical (unpaired) electrons. The topological polar surface area (TPSA) is 17.1 Å². The molecule has 2 rings (SSSR count). The van der Waals surface area contributed by atoms with Crippen LogP contribution < -0.4 is 0 Å². The van der Waals surface area contributed by atoms with Crippen molar-refractivity contribution >= 4 is 5.78 Å². The molecule has 42 heavy (non-hydrogen) atoms. The van der Waals surface area contributed by atoms with Crippen molar-refractivity contribution in [2.24, 2.45) is 5.92 Å². The second kappa shape index (κ2) is 9.46. The lowest BCUT2D eigenvalue weighted by Gasteiger charge is -2.45. The molecule has 1 aliphatic carbocycles. The van der Waals surface area contributed by atoms with Gasteiger partial charge in [-0.25, -0.2) is 0 Å². The number of hydrogen-bond donors (Lipinski definition) is 0. The molecule has 1 aromatic rings. The Morgan fingerprint density at radius 3 is 1.19 bits per heavy atom. The molecular weight excluding hydrogens is 655 g/mol. The Labute approximate surface area is 217 Å². The quantitative estimate of drug-likeness (QED) is 0.242. The third-order valence-electron chi connectivity index (χ3n) is 6.27. The van der Waals surface area contributed by atoms with Crippen molar-refractivity contribution in [3.8, 4) is 0 Å². The molecule has 0 saturated carbocycles. The van der Waals surface area contributed by atoms with Crippen LogP contribution >= 0.6 is 0 Å². The van der Waals surface area contributed by atoms with Crippen LogP contribution in [0.3, 0.4) is 0 Å². The second-order valence-corrected chi connectivity index (χ2v) is 8.83. The molecule has 0 amide bonds. The lowest BCUT2D eigenvalue weighted by atomic mass is 9.75. The molecule has 242 valence electrons. The van der Waals surface area contributed by atoms with Gasteiger partial charge in [0.05, 0.1) is 5.92 Å². The number of benzene rings is 1. The predicted molar refractivity (Wildman–Crippen MR) is 93.2 cm³/mol. The van der Waals surface area contributed by atoms with E-state index in [0.29, 0.717) is 6.07 Å². The summed E-state index contributed by atoms with van der Waals surface area (Å²) in [6, 6.07) is 3.65. The molecule has 1 unspecified atom stereocenters. The summed E-state index contributed by atoms with van der Waals surface area (Å²) in [6.07, 6.45) is -10.5.